The quantitative estimate of drug-likeness (QED) is 0.281. The van der Waals surface area contributed by atoms with E-state index in [-0.39, 0.29) is 0 Å². The summed E-state index contributed by atoms with van der Waals surface area (Å²) in [5, 5.41) is 4.33. The third-order valence-corrected chi connectivity index (χ3v) is 12.5. The summed E-state index contributed by atoms with van der Waals surface area (Å²) in [7, 11) is 0. The van der Waals surface area contributed by atoms with E-state index in [1.807, 2.05) is 0 Å². The van der Waals surface area contributed by atoms with Crippen LogP contribution >= 0.6 is 21.8 Å². The number of rotatable bonds is 3. The monoisotopic (exact) mass is 386 g/mol. The van der Waals surface area contributed by atoms with Crippen molar-refractivity contribution in [3.8, 4) is 0 Å². The van der Waals surface area contributed by atoms with Gasteiger partial charge in [0.15, 0.2) is 0 Å². The van der Waals surface area contributed by atoms with E-state index in [9.17, 15) is 0 Å². The second-order valence-electron chi connectivity index (χ2n) is 4.76. The van der Waals surface area contributed by atoms with Gasteiger partial charge < -0.3 is 0 Å². The Balaban J connectivity index is 2.24. The molecule has 0 spiro atoms. The van der Waals surface area contributed by atoms with Crippen LogP contribution in [0.5, 0.6) is 0 Å². The van der Waals surface area contributed by atoms with Crippen LogP contribution in [0, 0.1) is 0 Å². The van der Waals surface area contributed by atoms with Crippen LogP contribution in [0.1, 0.15) is 0 Å². The zero-order valence-electron chi connectivity index (χ0n) is 11.0. The summed E-state index contributed by atoms with van der Waals surface area (Å²) in [4.78, 5) is 0. The third kappa shape index (κ3) is 2.45. The lowest BCUT2D eigenvalue weighted by atomic mass is 10.3. The van der Waals surface area contributed by atoms with Gasteiger partial charge in [-0.3, -0.25) is 0 Å². The number of halogens is 1. The van der Waals surface area contributed by atoms with Gasteiger partial charge in [0.1, 0.15) is 0 Å². The Labute approximate surface area is 133 Å². The fourth-order valence-electron chi connectivity index (χ4n) is 2.50. The minimum Gasteiger partial charge on any atom is -0.100 e. The normalized spacial score (nSPS) is 11.2. The van der Waals surface area contributed by atoms with E-state index >= 15 is 0 Å². The molecule has 0 nitrogen and oxygen atoms in total. The molecule has 0 amide bonds. The zero-order valence-corrected chi connectivity index (χ0v) is 14.2. The molecule has 98 valence electrons. The van der Waals surface area contributed by atoms with Crippen molar-refractivity contribution >= 4 is 42.9 Å². The molecule has 3 aromatic rings. The Morgan fingerprint density at radius 1 is 0.450 bits per heavy atom. The van der Waals surface area contributed by atoms with Crippen molar-refractivity contribution in [2.45, 2.75) is 0 Å². The molecular formula is C18H15ISi. The Morgan fingerprint density at radius 3 is 0.950 bits per heavy atom. The van der Waals surface area contributed by atoms with Crippen molar-refractivity contribution in [2.75, 3.05) is 0 Å². The predicted molar refractivity (Wildman–Crippen MR) is 98.0 cm³/mol. The molecule has 0 fully saturated rings. The summed E-state index contributed by atoms with van der Waals surface area (Å²) in [6.45, 7) is 0. The summed E-state index contributed by atoms with van der Waals surface area (Å²) in [6.07, 6.45) is 0. The second-order valence-corrected chi connectivity index (χ2v) is 12.7. The Bertz CT molecular complexity index is 569. The molecule has 0 unspecified atom stereocenters. The highest BCUT2D eigenvalue weighted by Gasteiger charge is 2.36. The predicted octanol–water partition coefficient (Wildman–Crippen LogP) is 3.09. The number of hydrogen-bond donors (Lipinski definition) is 0. The van der Waals surface area contributed by atoms with Crippen molar-refractivity contribution in [1.29, 1.82) is 0 Å². The fourth-order valence-corrected chi connectivity index (χ4v) is 8.70. The lowest BCUT2D eigenvalue weighted by molar-refractivity contribution is 1.71. The molecule has 2 heteroatoms. The average Bonchev–Trinajstić information content (AvgIpc) is 2.56. The Kier molecular flexibility index (Phi) is 4.03. The molecule has 3 aromatic carbocycles. The minimum atomic E-state index is -1.91. The average molecular weight is 386 g/mol. The Morgan fingerprint density at radius 2 is 0.700 bits per heavy atom. The SMILES string of the molecule is I[Si](c1ccccc1)(c1ccccc1)c1ccccc1. The van der Waals surface area contributed by atoms with Gasteiger partial charge in [0.2, 0.25) is 5.57 Å². The molecule has 0 aliphatic carbocycles. The van der Waals surface area contributed by atoms with Gasteiger partial charge in [-0.15, -0.1) is 21.8 Å². The van der Waals surface area contributed by atoms with Crippen LogP contribution in [0.25, 0.3) is 0 Å². The van der Waals surface area contributed by atoms with Crippen molar-refractivity contribution < 1.29 is 0 Å². The summed E-state index contributed by atoms with van der Waals surface area (Å²) in [5.74, 6) is 0. The fraction of sp³-hybridized carbons (Fsp3) is 0. The summed E-state index contributed by atoms with van der Waals surface area (Å²) in [6, 6.07) is 32.7. The highest BCUT2D eigenvalue weighted by molar-refractivity contribution is 14.1. The van der Waals surface area contributed by atoms with Gasteiger partial charge >= 0.3 is 0 Å². The molecule has 0 aliphatic rings. The van der Waals surface area contributed by atoms with Crippen LogP contribution in [-0.2, 0) is 0 Å². The molecule has 20 heavy (non-hydrogen) atoms. The summed E-state index contributed by atoms with van der Waals surface area (Å²) in [5.41, 5.74) is -1.91. The molecule has 3 rings (SSSR count). The molecule has 0 aromatic heterocycles. The smallest absolute Gasteiger partial charge is 0.100 e. The van der Waals surface area contributed by atoms with Crippen LogP contribution in [-0.4, -0.2) is 5.57 Å². The van der Waals surface area contributed by atoms with Crippen LogP contribution < -0.4 is 15.6 Å². The Hall–Kier alpha value is -1.39. The van der Waals surface area contributed by atoms with Gasteiger partial charge in [-0.1, -0.05) is 91.0 Å². The lowest BCUT2D eigenvalue weighted by Gasteiger charge is -2.27. The lowest BCUT2D eigenvalue weighted by Crippen LogP contribution is -2.62. The standard InChI is InChI=1S/C18H15ISi/c19-20(16-10-4-1-5-11-16,17-12-6-2-7-13-17)18-14-8-3-9-15-18/h1-15H. The van der Waals surface area contributed by atoms with E-state index < -0.39 is 5.57 Å². The molecule has 0 N–H and O–H groups in total. The van der Waals surface area contributed by atoms with Gasteiger partial charge in [-0.05, 0) is 15.6 Å². The highest BCUT2D eigenvalue weighted by Crippen LogP contribution is 2.14. The molecule has 0 aliphatic heterocycles. The number of benzene rings is 3. The van der Waals surface area contributed by atoms with Gasteiger partial charge in [-0.25, -0.2) is 0 Å². The van der Waals surface area contributed by atoms with E-state index in [4.69, 9.17) is 0 Å². The van der Waals surface area contributed by atoms with Crippen LogP contribution in [0.2, 0.25) is 0 Å². The molecule has 0 bridgehead atoms. The van der Waals surface area contributed by atoms with Crippen LogP contribution in [0.3, 0.4) is 0 Å². The van der Waals surface area contributed by atoms with Crippen LogP contribution in [0.15, 0.2) is 91.0 Å². The van der Waals surface area contributed by atoms with E-state index in [1.54, 1.807) is 0 Å². The van der Waals surface area contributed by atoms with Gasteiger partial charge in [-0.2, -0.15) is 0 Å². The summed E-state index contributed by atoms with van der Waals surface area (Å²) < 4.78 is 0. The summed E-state index contributed by atoms with van der Waals surface area (Å²) >= 11 is 2.71. The topological polar surface area (TPSA) is 0 Å². The third-order valence-electron chi connectivity index (χ3n) is 3.51. The molecular weight excluding hydrogens is 371 g/mol. The first-order chi connectivity index (χ1) is 9.82. The maximum atomic E-state index is 2.71. The van der Waals surface area contributed by atoms with Gasteiger partial charge in [0.05, 0.1) is 0 Å². The largest absolute Gasteiger partial charge is 0.216 e. The van der Waals surface area contributed by atoms with Crippen molar-refractivity contribution in [3.63, 3.8) is 0 Å². The van der Waals surface area contributed by atoms with Crippen molar-refractivity contribution in [1.82, 2.24) is 0 Å². The van der Waals surface area contributed by atoms with E-state index in [0.29, 0.717) is 0 Å². The van der Waals surface area contributed by atoms with Crippen molar-refractivity contribution in [2.24, 2.45) is 0 Å². The van der Waals surface area contributed by atoms with Gasteiger partial charge in [0.25, 0.3) is 0 Å². The van der Waals surface area contributed by atoms with E-state index in [1.165, 1.54) is 15.6 Å². The first-order valence-corrected chi connectivity index (χ1v) is 11.8. The van der Waals surface area contributed by atoms with E-state index in [2.05, 4.69) is 113 Å². The first-order valence-electron chi connectivity index (χ1n) is 6.67. The molecule has 0 saturated heterocycles. The molecule has 0 saturated carbocycles. The second kappa shape index (κ2) is 5.93. The maximum Gasteiger partial charge on any atom is 0.216 e. The maximum absolute atomic E-state index is 2.71. The van der Waals surface area contributed by atoms with Crippen LogP contribution in [0.4, 0.5) is 0 Å². The van der Waals surface area contributed by atoms with Crippen molar-refractivity contribution in [3.05, 3.63) is 91.0 Å². The van der Waals surface area contributed by atoms with Gasteiger partial charge in [0, 0.05) is 0 Å². The number of hydrogen-bond acceptors (Lipinski definition) is 0. The molecule has 0 heterocycles. The first kappa shape index (κ1) is 13.6. The minimum absolute atomic E-state index is 1.44. The molecule has 0 atom stereocenters. The highest BCUT2D eigenvalue weighted by atomic mass is 127. The zero-order chi connectivity index (χ0) is 13.8. The van der Waals surface area contributed by atoms with E-state index in [0.717, 1.165) is 0 Å². The molecule has 0 radical (unpaired) electrons.